The number of nitrogens with one attached hydrogen (secondary N) is 1. The molecule has 1 heterocycles. The lowest BCUT2D eigenvalue weighted by molar-refractivity contribution is -0.152. The van der Waals surface area contributed by atoms with Gasteiger partial charge >= 0.3 is 0 Å². The van der Waals surface area contributed by atoms with Gasteiger partial charge in [-0.25, -0.2) is 0 Å². The molecule has 1 fully saturated rings. The Bertz CT molecular complexity index is 760. The molecule has 2 rings (SSSR count). The Morgan fingerprint density at radius 2 is 1.61 bits per heavy atom. The van der Waals surface area contributed by atoms with Crippen LogP contribution in [0.25, 0.3) is 0 Å². The summed E-state index contributed by atoms with van der Waals surface area (Å²) < 4.78 is 10.7. The number of hydrogen-bond acceptors (Lipinski definition) is 6. The summed E-state index contributed by atoms with van der Waals surface area (Å²) in [4.78, 5) is 47.9. The molecule has 0 aliphatic carbocycles. The van der Waals surface area contributed by atoms with Crippen molar-refractivity contribution < 1.29 is 28.7 Å². The fourth-order valence-corrected chi connectivity index (χ4v) is 2.89. The van der Waals surface area contributed by atoms with Crippen LogP contribution >= 0.6 is 0 Å². The third-order valence-corrected chi connectivity index (χ3v) is 5.00. The Labute approximate surface area is 183 Å². The molecule has 1 aliphatic rings. The molecule has 0 spiro atoms. The molecule has 1 aromatic rings. The summed E-state index contributed by atoms with van der Waals surface area (Å²) in [6.07, 6.45) is 1.95. The molecule has 170 valence electrons. The van der Waals surface area contributed by atoms with Crippen LogP contribution in [0.15, 0.2) is 24.3 Å². The Kier molecular flexibility index (Phi) is 10.3. The van der Waals surface area contributed by atoms with Gasteiger partial charge in [-0.05, 0) is 24.1 Å². The number of anilines is 1. The molecule has 0 aromatic heterocycles. The van der Waals surface area contributed by atoms with Crippen LogP contribution in [0.3, 0.4) is 0 Å². The van der Waals surface area contributed by atoms with E-state index in [-0.39, 0.29) is 42.5 Å². The van der Waals surface area contributed by atoms with Gasteiger partial charge in [0.05, 0.1) is 32.8 Å². The van der Waals surface area contributed by atoms with Gasteiger partial charge in [0.25, 0.3) is 0 Å². The van der Waals surface area contributed by atoms with E-state index in [0.29, 0.717) is 57.7 Å². The quantitative estimate of drug-likeness (QED) is 0.358. The number of ether oxygens (including phenoxy) is 2. The Balaban J connectivity index is 1.53. The van der Waals surface area contributed by atoms with Crippen LogP contribution in [0.5, 0.6) is 0 Å². The van der Waals surface area contributed by atoms with E-state index in [1.807, 2.05) is 26.0 Å². The number of β-lactam (4-membered cyclic amide) rings is 1. The second kappa shape index (κ2) is 13.0. The minimum absolute atomic E-state index is 0.0286. The number of carbonyl (C=O) groups excluding carboxylic acids is 4. The number of amides is 3. The summed E-state index contributed by atoms with van der Waals surface area (Å²) in [6, 6.07) is 7.30. The van der Waals surface area contributed by atoms with Crippen molar-refractivity contribution >= 4 is 29.2 Å². The molecule has 0 radical (unpaired) electrons. The molecular formula is C23H32N2O6. The van der Waals surface area contributed by atoms with E-state index in [2.05, 4.69) is 5.32 Å². The van der Waals surface area contributed by atoms with Crippen molar-refractivity contribution in [2.24, 2.45) is 5.92 Å². The molecular weight excluding hydrogens is 400 g/mol. The molecule has 0 unspecified atom stereocenters. The van der Waals surface area contributed by atoms with Gasteiger partial charge in [-0.3, -0.25) is 24.1 Å². The van der Waals surface area contributed by atoms with Crippen molar-refractivity contribution in [3.63, 3.8) is 0 Å². The molecule has 31 heavy (non-hydrogen) atoms. The molecule has 0 saturated carbocycles. The van der Waals surface area contributed by atoms with Gasteiger partial charge in [0.2, 0.25) is 17.7 Å². The second-order valence-electron chi connectivity index (χ2n) is 7.78. The number of nitrogens with zero attached hydrogens (tertiary/aromatic N) is 1. The van der Waals surface area contributed by atoms with Crippen LogP contribution in [0.1, 0.15) is 45.1 Å². The molecule has 1 aliphatic heterocycles. The van der Waals surface area contributed by atoms with Gasteiger partial charge in [-0.15, -0.1) is 0 Å². The molecule has 0 bridgehead atoms. The monoisotopic (exact) mass is 432 g/mol. The van der Waals surface area contributed by atoms with Crippen LogP contribution in [-0.2, 0) is 35.1 Å². The SMILES string of the molecule is CC(C)C(=O)CCOCCOCCC(=O)Nc1ccc(CCC(=O)N2CCC2=O)cc1. The fraction of sp³-hybridized carbons (Fsp3) is 0.565. The van der Waals surface area contributed by atoms with Crippen LogP contribution in [0.4, 0.5) is 5.69 Å². The van der Waals surface area contributed by atoms with E-state index in [0.717, 1.165) is 5.56 Å². The Morgan fingerprint density at radius 3 is 2.16 bits per heavy atom. The number of carbonyl (C=O) groups is 4. The predicted molar refractivity (Wildman–Crippen MR) is 115 cm³/mol. The number of aryl methyl sites for hydroxylation is 1. The lowest BCUT2D eigenvalue weighted by Crippen LogP contribution is -2.47. The Morgan fingerprint density at radius 1 is 0.968 bits per heavy atom. The average Bonchev–Trinajstić information content (AvgIpc) is 2.73. The molecule has 1 aromatic carbocycles. The van der Waals surface area contributed by atoms with E-state index in [1.165, 1.54) is 4.90 Å². The molecule has 1 saturated heterocycles. The van der Waals surface area contributed by atoms with Gasteiger partial charge < -0.3 is 14.8 Å². The summed E-state index contributed by atoms with van der Waals surface area (Å²) in [5.74, 6) is -0.174. The van der Waals surface area contributed by atoms with E-state index < -0.39 is 0 Å². The summed E-state index contributed by atoms with van der Waals surface area (Å²) in [5.41, 5.74) is 1.65. The molecule has 1 N–H and O–H groups in total. The predicted octanol–water partition coefficient (Wildman–Crippen LogP) is 2.36. The van der Waals surface area contributed by atoms with Crippen LogP contribution < -0.4 is 5.32 Å². The second-order valence-corrected chi connectivity index (χ2v) is 7.78. The molecule has 0 atom stereocenters. The zero-order valence-corrected chi connectivity index (χ0v) is 18.4. The summed E-state index contributed by atoms with van der Waals surface area (Å²) in [5, 5.41) is 2.80. The number of imide groups is 1. The fourth-order valence-electron chi connectivity index (χ4n) is 2.89. The van der Waals surface area contributed by atoms with Crippen molar-refractivity contribution in [2.75, 3.05) is 38.3 Å². The zero-order valence-electron chi connectivity index (χ0n) is 18.4. The number of Topliss-reactive ketones (excluding diaryl/α,β-unsaturated/α-hetero) is 1. The van der Waals surface area contributed by atoms with Crippen LogP contribution in [-0.4, -0.2) is 61.4 Å². The van der Waals surface area contributed by atoms with Gasteiger partial charge in [-0.2, -0.15) is 0 Å². The third kappa shape index (κ3) is 8.98. The Hall–Kier alpha value is -2.58. The highest BCUT2D eigenvalue weighted by Crippen LogP contribution is 2.14. The maximum Gasteiger partial charge on any atom is 0.230 e. The van der Waals surface area contributed by atoms with Gasteiger partial charge in [-0.1, -0.05) is 26.0 Å². The van der Waals surface area contributed by atoms with Crippen molar-refractivity contribution in [1.29, 1.82) is 0 Å². The number of likely N-dealkylation sites (tertiary alicyclic amines) is 1. The minimum atomic E-state index is -0.150. The van der Waals surface area contributed by atoms with Crippen LogP contribution in [0.2, 0.25) is 0 Å². The van der Waals surface area contributed by atoms with Gasteiger partial charge in [0.1, 0.15) is 5.78 Å². The van der Waals surface area contributed by atoms with Crippen molar-refractivity contribution in [1.82, 2.24) is 4.90 Å². The standard InChI is InChI=1S/C23H32N2O6/c1-17(2)20(26)10-13-30-15-16-31-14-11-21(27)24-19-6-3-18(4-7-19)5-8-22(28)25-12-9-23(25)29/h3-4,6-7,17H,5,8-16H2,1-2H3,(H,24,27). The minimum Gasteiger partial charge on any atom is -0.379 e. The topological polar surface area (TPSA) is 102 Å². The third-order valence-electron chi connectivity index (χ3n) is 5.00. The van der Waals surface area contributed by atoms with Gasteiger partial charge in [0.15, 0.2) is 0 Å². The summed E-state index contributed by atoms with van der Waals surface area (Å²) >= 11 is 0. The number of rotatable bonds is 14. The van der Waals surface area contributed by atoms with Crippen molar-refractivity contribution in [2.45, 2.75) is 46.0 Å². The first-order valence-corrected chi connectivity index (χ1v) is 10.8. The lowest BCUT2D eigenvalue weighted by Gasteiger charge is -2.28. The number of ketones is 1. The zero-order chi connectivity index (χ0) is 22.6. The number of hydrogen-bond donors (Lipinski definition) is 1. The van der Waals surface area contributed by atoms with E-state index in [9.17, 15) is 19.2 Å². The maximum atomic E-state index is 12.0. The van der Waals surface area contributed by atoms with Crippen molar-refractivity contribution in [3.05, 3.63) is 29.8 Å². The highest BCUT2D eigenvalue weighted by molar-refractivity contribution is 5.99. The highest BCUT2D eigenvalue weighted by atomic mass is 16.5. The maximum absolute atomic E-state index is 12.0. The van der Waals surface area contributed by atoms with E-state index in [1.54, 1.807) is 12.1 Å². The lowest BCUT2D eigenvalue weighted by atomic mass is 10.1. The summed E-state index contributed by atoms with van der Waals surface area (Å²) in [7, 11) is 0. The summed E-state index contributed by atoms with van der Waals surface area (Å²) in [6.45, 7) is 5.71. The highest BCUT2D eigenvalue weighted by Gasteiger charge is 2.29. The van der Waals surface area contributed by atoms with E-state index in [4.69, 9.17) is 9.47 Å². The molecule has 3 amide bonds. The molecule has 8 nitrogen and oxygen atoms in total. The first kappa shape index (κ1) is 24.7. The smallest absolute Gasteiger partial charge is 0.230 e. The number of benzene rings is 1. The average molecular weight is 433 g/mol. The van der Waals surface area contributed by atoms with Crippen molar-refractivity contribution in [3.8, 4) is 0 Å². The largest absolute Gasteiger partial charge is 0.379 e. The normalized spacial score (nSPS) is 13.3. The first-order chi connectivity index (χ1) is 14.9. The first-order valence-electron chi connectivity index (χ1n) is 10.8. The van der Waals surface area contributed by atoms with Gasteiger partial charge in [0, 0.05) is 37.4 Å². The van der Waals surface area contributed by atoms with Crippen LogP contribution in [0, 0.1) is 5.92 Å². The van der Waals surface area contributed by atoms with E-state index >= 15 is 0 Å². The molecule has 8 heteroatoms.